The number of hydrogen-bond donors (Lipinski definition) is 4. The molecule has 0 aromatic heterocycles. The largest absolute Gasteiger partial charge is 0.478 e. The summed E-state index contributed by atoms with van der Waals surface area (Å²) in [5.74, 6) is -1.87. The summed E-state index contributed by atoms with van der Waals surface area (Å²) >= 11 is 4.95. The first kappa shape index (κ1) is 17.8. The minimum absolute atomic E-state index is 0.147. The molecule has 0 saturated carbocycles. The van der Waals surface area contributed by atoms with Crippen molar-refractivity contribution in [1.82, 2.24) is 5.32 Å². The van der Waals surface area contributed by atoms with Crippen LogP contribution in [0.15, 0.2) is 24.3 Å². The number of rotatable bonds is 7. The molecule has 0 heterocycles. The molecule has 0 aliphatic heterocycles. The Morgan fingerprint density at radius 2 is 2.00 bits per heavy atom. The summed E-state index contributed by atoms with van der Waals surface area (Å²) < 4.78 is 12.0. The first-order valence-corrected chi connectivity index (χ1v) is 8.61. The molecular formula is C13H19N2O4PS. The molecule has 0 amide bonds. The number of nitrogens with one attached hydrogen (secondary N) is 1. The zero-order valence-electron chi connectivity index (χ0n) is 11.7. The monoisotopic (exact) mass is 330 g/mol. The van der Waals surface area contributed by atoms with Crippen molar-refractivity contribution in [3.63, 3.8) is 0 Å². The molecule has 2 unspecified atom stereocenters. The van der Waals surface area contributed by atoms with Gasteiger partial charge in [0.25, 0.3) is 7.37 Å². The Labute approximate surface area is 128 Å². The lowest BCUT2D eigenvalue weighted by Crippen LogP contribution is -2.30. The number of carbonyl (C=O) groups is 1. The fourth-order valence-electron chi connectivity index (χ4n) is 1.68. The highest BCUT2D eigenvalue weighted by Crippen LogP contribution is 2.46. The predicted molar refractivity (Wildman–Crippen MR) is 85.5 cm³/mol. The van der Waals surface area contributed by atoms with Crippen LogP contribution in [0.1, 0.15) is 35.7 Å². The molecule has 5 N–H and O–H groups in total. The number of hydrogen-bond acceptors (Lipinski definition) is 4. The van der Waals surface area contributed by atoms with E-state index >= 15 is 0 Å². The number of carboxylic acid groups (broad SMARTS) is 1. The van der Waals surface area contributed by atoms with Crippen LogP contribution in [0.2, 0.25) is 0 Å². The normalized spacial score (nSPS) is 15.0. The molecule has 0 aliphatic carbocycles. The van der Waals surface area contributed by atoms with Crippen molar-refractivity contribution in [2.24, 2.45) is 5.73 Å². The van der Waals surface area contributed by atoms with Gasteiger partial charge in [0.15, 0.2) is 4.73 Å². The van der Waals surface area contributed by atoms with Crippen LogP contribution in [0.25, 0.3) is 0 Å². The van der Waals surface area contributed by atoms with E-state index < -0.39 is 19.1 Å². The van der Waals surface area contributed by atoms with Gasteiger partial charge in [-0.15, -0.1) is 0 Å². The molecule has 1 rings (SSSR count). The van der Waals surface area contributed by atoms with Crippen LogP contribution in [0.5, 0.6) is 0 Å². The minimum Gasteiger partial charge on any atom is -0.478 e. The molecule has 6 nitrogen and oxygen atoms in total. The van der Waals surface area contributed by atoms with Gasteiger partial charge >= 0.3 is 5.97 Å². The maximum Gasteiger partial charge on any atom is 0.335 e. The van der Waals surface area contributed by atoms with Crippen LogP contribution < -0.4 is 11.1 Å². The number of aromatic carboxylic acids is 1. The van der Waals surface area contributed by atoms with Gasteiger partial charge in [0.1, 0.15) is 0 Å². The van der Waals surface area contributed by atoms with Crippen molar-refractivity contribution in [2.45, 2.75) is 32.1 Å². The van der Waals surface area contributed by atoms with Gasteiger partial charge in [0.05, 0.1) is 11.3 Å². The molecule has 1 aromatic carbocycles. The zero-order chi connectivity index (χ0) is 16.0. The van der Waals surface area contributed by atoms with Gasteiger partial charge in [0.2, 0.25) is 0 Å². The molecule has 21 heavy (non-hydrogen) atoms. The van der Waals surface area contributed by atoms with E-state index in [9.17, 15) is 14.3 Å². The summed E-state index contributed by atoms with van der Waals surface area (Å²) in [6.45, 7) is 2.11. The Morgan fingerprint density at radius 1 is 1.43 bits per heavy atom. The fraction of sp³-hybridized carbons (Fsp3) is 0.385. The third-order valence-corrected chi connectivity index (χ3v) is 5.80. The average Bonchev–Trinajstić information content (AvgIpc) is 2.45. The summed E-state index contributed by atoms with van der Waals surface area (Å²) in [5.41, 5.74) is 6.61. The second kappa shape index (κ2) is 7.66. The lowest BCUT2D eigenvalue weighted by atomic mass is 10.1. The first-order valence-electron chi connectivity index (χ1n) is 6.47. The molecular weight excluding hydrogens is 311 g/mol. The Hall–Kier alpha value is -1.27. The van der Waals surface area contributed by atoms with Crippen molar-refractivity contribution in [3.8, 4) is 0 Å². The average molecular weight is 330 g/mol. The van der Waals surface area contributed by atoms with Gasteiger partial charge in [-0.05, 0) is 24.1 Å². The Balaban J connectivity index is 2.64. The molecule has 8 heteroatoms. The van der Waals surface area contributed by atoms with Crippen LogP contribution in [-0.4, -0.2) is 26.5 Å². The van der Waals surface area contributed by atoms with Crippen molar-refractivity contribution in [1.29, 1.82) is 0 Å². The van der Waals surface area contributed by atoms with Crippen LogP contribution in [0.3, 0.4) is 0 Å². The van der Waals surface area contributed by atoms with E-state index in [0.29, 0.717) is 12.8 Å². The predicted octanol–water partition coefficient (Wildman–Crippen LogP) is 2.11. The third-order valence-electron chi connectivity index (χ3n) is 2.97. The number of thiocarbonyl (C=S) groups is 1. The molecule has 0 spiro atoms. The fourth-order valence-corrected chi connectivity index (χ4v) is 3.37. The van der Waals surface area contributed by atoms with Crippen molar-refractivity contribution < 1.29 is 19.4 Å². The lowest BCUT2D eigenvalue weighted by molar-refractivity contribution is 0.0697. The maximum absolute atomic E-state index is 12.1. The maximum atomic E-state index is 12.1. The smallest absolute Gasteiger partial charge is 0.335 e. The van der Waals surface area contributed by atoms with Crippen LogP contribution in [-0.2, 0) is 11.1 Å². The second-order valence-corrected chi connectivity index (χ2v) is 7.71. The second-order valence-electron chi connectivity index (χ2n) is 4.64. The number of nitrogens with two attached hydrogens (primary N) is 1. The van der Waals surface area contributed by atoms with Crippen LogP contribution >= 0.6 is 19.6 Å². The van der Waals surface area contributed by atoms with Gasteiger partial charge in [-0.25, -0.2) is 4.79 Å². The van der Waals surface area contributed by atoms with Gasteiger partial charge in [0, 0.05) is 6.54 Å². The van der Waals surface area contributed by atoms with Gasteiger partial charge in [-0.1, -0.05) is 37.7 Å². The van der Waals surface area contributed by atoms with E-state index in [0.717, 1.165) is 5.56 Å². The summed E-state index contributed by atoms with van der Waals surface area (Å²) in [7, 11) is -3.75. The number of carboxylic acids is 1. The third kappa shape index (κ3) is 4.89. The molecule has 0 aliphatic rings. The Bertz CT molecular complexity index is 562. The van der Waals surface area contributed by atoms with Crippen LogP contribution in [0, 0.1) is 0 Å². The minimum atomic E-state index is -3.75. The molecule has 1 aromatic rings. The number of benzene rings is 1. The lowest BCUT2D eigenvalue weighted by Gasteiger charge is -2.20. The molecule has 0 saturated heterocycles. The molecule has 2 atom stereocenters. The topological polar surface area (TPSA) is 113 Å². The first-order chi connectivity index (χ1) is 9.78. The van der Waals surface area contributed by atoms with Gasteiger partial charge < -0.3 is 21.1 Å². The quantitative estimate of drug-likeness (QED) is 0.447. The van der Waals surface area contributed by atoms with E-state index in [1.54, 1.807) is 12.1 Å². The Kier molecular flexibility index (Phi) is 6.48. The SMILES string of the molecule is CCCC(N)P(=O)(O)C(=S)NCc1ccc(C(=O)O)cc1. The molecule has 0 fully saturated rings. The van der Waals surface area contributed by atoms with Crippen molar-refractivity contribution in [3.05, 3.63) is 35.4 Å². The molecule has 0 bridgehead atoms. The van der Waals surface area contributed by atoms with E-state index in [1.165, 1.54) is 12.1 Å². The van der Waals surface area contributed by atoms with Crippen molar-refractivity contribution >= 4 is 30.3 Å². The van der Waals surface area contributed by atoms with E-state index in [1.807, 2.05) is 6.92 Å². The van der Waals surface area contributed by atoms with Crippen LogP contribution in [0.4, 0.5) is 0 Å². The summed E-state index contributed by atoms with van der Waals surface area (Å²) in [5, 5.41) is 11.5. The highest BCUT2D eigenvalue weighted by atomic mass is 32.1. The Morgan fingerprint density at radius 3 is 2.48 bits per heavy atom. The molecule has 0 radical (unpaired) electrons. The van der Waals surface area contributed by atoms with Gasteiger partial charge in [-0.2, -0.15) is 0 Å². The highest BCUT2D eigenvalue weighted by molar-refractivity contribution is 7.99. The zero-order valence-corrected chi connectivity index (χ0v) is 13.4. The summed E-state index contributed by atoms with van der Waals surface area (Å²) in [6, 6.07) is 6.16. The highest BCUT2D eigenvalue weighted by Gasteiger charge is 2.31. The van der Waals surface area contributed by atoms with Gasteiger partial charge in [-0.3, -0.25) is 4.57 Å². The standard InChI is InChI=1S/C13H19N2O4PS/c1-2-3-11(14)20(18,19)13(21)15-8-9-4-6-10(7-5-9)12(16)17/h4-7,11H,2-3,8,14H2,1H3,(H,15,21)(H,16,17)(H,18,19). The van der Waals surface area contributed by atoms with Crippen molar-refractivity contribution in [2.75, 3.05) is 0 Å². The summed E-state index contributed by atoms with van der Waals surface area (Å²) in [6.07, 6.45) is 1.12. The summed E-state index contributed by atoms with van der Waals surface area (Å²) in [4.78, 5) is 20.7. The van der Waals surface area contributed by atoms with E-state index in [2.05, 4.69) is 5.32 Å². The van der Waals surface area contributed by atoms with E-state index in [4.69, 9.17) is 23.1 Å². The van der Waals surface area contributed by atoms with E-state index in [-0.39, 0.29) is 16.8 Å². The molecule has 116 valence electrons.